The van der Waals surface area contributed by atoms with Gasteiger partial charge in [-0.15, -0.1) is 0 Å². The zero-order valence-corrected chi connectivity index (χ0v) is 85.8. The molecule has 9 saturated carbocycles. The van der Waals surface area contributed by atoms with Gasteiger partial charge in [-0.05, 0) is 270 Å². The van der Waals surface area contributed by atoms with Crippen molar-refractivity contribution >= 4 is 65.7 Å². The summed E-state index contributed by atoms with van der Waals surface area (Å²) in [4.78, 5) is 148. The molecule has 0 saturated heterocycles. The number of carbonyl (C=O) groups excluding carboxylic acids is 11. The van der Waals surface area contributed by atoms with Crippen molar-refractivity contribution in [3.8, 4) is 0 Å². The van der Waals surface area contributed by atoms with E-state index in [1.807, 2.05) is 0 Å². The van der Waals surface area contributed by atoms with E-state index in [2.05, 4.69) is 40.2 Å². The van der Waals surface area contributed by atoms with Crippen molar-refractivity contribution in [2.24, 2.45) is 47.3 Å². The summed E-state index contributed by atoms with van der Waals surface area (Å²) >= 11 is 0. The number of esters is 11. The summed E-state index contributed by atoms with van der Waals surface area (Å²) < 4.78 is 117. The van der Waals surface area contributed by atoms with E-state index >= 15 is 9.59 Å². The zero-order valence-electron chi connectivity index (χ0n) is 85.8. The van der Waals surface area contributed by atoms with E-state index < -0.39 is 133 Å². The first kappa shape index (κ1) is 117. The molecule has 0 heterocycles. The Morgan fingerprint density at radius 2 is 0.468 bits per heavy atom. The average molecular weight is 1990 g/mol. The van der Waals surface area contributed by atoms with Crippen LogP contribution in [-0.4, -0.2) is 231 Å². The van der Waals surface area contributed by atoms with E-state index in [1.54, 1.807) is 7.11 Å². The molecule has 0 aromatic carbocycles. The molecule has 0 aliphatic heterocycles. The van der Waals surface area contributed by atoms with Crippen molar-refractivity contribution in [1.82, 2.24) is 0 Å². The van der Waals surface area contributed by atoms with Crippen LogP contribution >= 0.6 is 0 Å². The Morgan fingerprint density at radius 1 is 0.234 bits per heavy atom. The van der Waals surface area contributed by atoms with Gasteiger partial charge in [0.05, 0.1) is 111 Å². The highest BCUT2D eigenvalue weighted by atomic mass is 16.7. The fraction of sp³-hybridized carbons (Fsp3) is 0.829. The molecule has 0 spiro atoms. The molecule has 0 amide bonds. The Bertz CT molecular complexity index is 3660. The second-order valence-electron chi connectivity index (χ2n) is 41.0. The predicted molar refractivity (Wildman–Crippen MR) is 526 cm³/mol. The second-order valence-corrected chi connectivity index (χ2v) is 41.0. The molecule has 141 heavy (non-hydrogen) atoms. The van der Waals surface area contributed by atoms with Gasteiger partial charge in [-0.1, -0.05) is 104 Å². The van der Waals surface area contributed by atoms with Gasteiger partial charge in [-0.25, -0.2) is 19.2 Å². The maximum absolute atomic E-state index is 15.4. The third-order valence-electron chi connectivity index (χ3n) is 30.3. The van der Waals surface area contributed by atoms with Crippen LogP contribution in [0.25, 0.3) is 0 Å². The molecule has 9 aliphatic carbocycles. The van der Waals surface area contributed by atoms with Crippen molar-refractivity contribution in [3.63, 3.8) is 0 Å². The zero-order chi connectivity index (χ0) is 101. The summed E-state index contributed by atoms with van der Waals surface area (Å²) in [5.74, 6) is -8.34. The number of hydrogen-bond donors (Lipinski definition) is 0. The van der Waals surface area contributed by atoms with Crippen LogP contribution in [0.4, 0.5) is 0 Å². The Balaban J connectivity index is 0.797. The molecular formula is C111H176O30. The standard InChI is InChI=1S/C111H176O30/c1-8-14-16-26-68-128-96-62-58-90(76-98(96)139-109(121)92-74-88(134-106(118)80-40-48-84(49-41-80)124-64-28-18-22-32-70-130-100(112)10-3)56-60-94(92)138-108(120)82-44-52-86(53-45-82)126-66-30-20-24-34-72-132-102(114)12-5)136-104(116)78-36-38-79(39-37-78)105(117)137-91-59-63-97(129-69-27-17-15-9-2)99(77-91)140-110(122)93-75-89(135-107(119)81-42-50-85(51-43-81)125-65-29-19-23-33-71-131-101(113)11-4)57-61-95(93)141-111(123-7)83-46-54-87(55-47-83)127-67-31-21-25-35-73-133-103(115)13-6/h10-13,78-99,111H,3-6,8-9,14-77H2,1-2,7H3. The van der Waals surface area contributed by atoms with E-state index in [0.717, 1.165) is 205 Å². The average Bonchev–Trinajstić information content (AvgIpc) is 0.809. The topological polar surface area (TPSA) is 363 Å². The lowest BCUT2D eigenvalue weighted by Gasteiger charge is -2.41. The molecule has 9 rings (SSSR count). The lowest BCUT2D eigenvalue weighted by Crippen LogP contribution is -2.48. The molecule has 30 nitrogen and oxygen atoms in total. The molecule has 0 radical (unpaired) electrons. The van der Waals surface area contributed by atoms with Gasteiger partial charge in [0.15, 0.2) is 6.29 Å². The van der Waals surface area contributed by atoms with Gasteiger partial charge in [0.1, 0.15) is 42.7 Å². The van der Waals surface area contributed by atoms with Crippen LogP contribution in [0, 0.1) is 47.3 Å². The summed E-state index contributed by atoms with van der Waals surface area (Å²) in [7, 11) is 1.64. The minimum absolute atomic E-state index is 0.00309. The van der Waals surface area contributed by atoms with E-state index in [0.29, 0.717) is 201 Å². The van der Waals surface area contributed by atoms with E-state index in [4.69, 9.17) is 90.0 Å². The Kier molecular flexibility index (Phi) is 56.8. The molecule has 9 fully saturated rings. The second kappa shape index (κ2) is 68.3. The van der Waals surface area contributed by atoms with Gasteiger partial charge >= 0.3 is 65.7 Å². The minimum atomic E-state index is -0.977. The molecule has 800 valence electrons. The molecule has 13 unspecified atom stereocenters. The van der Waals surface area contributed by atoms with Crippen LogP contribution in [0.2, 0.25) is 0 Å². The molecule has 0 N–H and O–H groups in total. The quantitative estimate of drug-likeness (QED) is 0.0179. The van der Waals surface area contributed by atoms with Crippen molar-refractivity contribution in [2.75, 3.05) is 73.2 Å². The summed E-state index contributed by atoms with van der Waals surface area (Å²) in [5.41, 5.74) is 0. The van der Waals surface area contributed by atoms with Gasteiger partial charge in [0.25, 0.3) is 0 Å². The minimum Gasteiger partial charge on any atom is -0.463 e. The van der Waals surface area contributed by atoms with E-state index in [-0.39, 0.29) is 104 Å². The van der Waals surface area contributed by atoms with Crippen molar-refractivity contribution in [1.29, 1.82) is 0 Å². The molecule has 0 aromatic heterocycles. The van der Waals surface area contributed by atoms with Crippen LogP contribution in [0.15, 0.2) is 50.6 Å². The molecule has 13 atom stereocenters. The Labute approximate surface area is 840 Å². The Hall–Kier alpha value is -7.19. The SMILES string of the molecule is C=CC(=O)OCCCCCCOC1CCC(C(=O)OC2CCC(OC(=O)C3CCC(OCCCCCCOC(=O)C=C)CC3)C(C(=O)OC3CC(OC(=O)C4CCC(C(=O)OC5CCC(OCCCCCC)C(OC(=O)C6CC(OC(=O)C7CCC(OCCCCCCOC(=O)C=C)CC7)CCC6OC(OC)C6CCC(OCCCCCCOC(=O)C=C)CC6)C5)CC4)CCC3OCCCCCC)C2)CC1. The van der Waals surface area contributed by atoms with Gasteiger partial charge in [-0.3, -0.25) is 33.6 Å². The fourth-order valence-electron chi connectivity index (χ4n) is 21.7. The van der Waals surface area contributed by atoms with Crippen molar-refractivity contribution < 1.29 is 143 Å². The molecule has 0 aromatic rings. The monoisotopic (exact) mass is 1990 g/mol. The van der Waals surface area contributed by atoms with Crippen LogP contribution < -0.4 is 0 Å². The number of ether oxygens (including phenoxy) is 19. The number of rotatable bonds is 66. The highest BCUT2D eigenvalue weighted by Gasteiger charge is 2.49. The first-order chi connectivity index (χ1) is 68.7. The van der Waals surface area contributed by atoms with Gasteiger partial charge in [0, 0.05) is 103 Å². The summed E-state index contributed by atoms with van der Waals surface area (Å²) in [6, 6.07) is 0. The third kappa shape index (κ3) is 44.2. The van der Waals surface area contributed by atoms with E-state index in [1.165, 1.54) is 12.2 Å². The predicted octanol–water partition coefficient (Wildman–Crippen LogP) is 19.9. The largest absolute Gasteiger partial charge is 0.463 e. The van der Waals surface area contributed by atoms with Crippen molar-refractivity contribution in [2.45, 2.75) is 465 Å². The summed E-state index contributed by atoms with van der Waals surface area (Å²) in [5, 5.41) is 0. The first-order valence-corrected chi connectivity index (χ1v) is 55.1. The fourth-order valence-corrected chi connectivity index (χ4v) is 21.7. The maximum Gasteiger partial charge on any atom is 0.330 e. The molecule has 30 heteroatoms. The lowest BCUT2D eigenvalue weighted by atomic mass is 9.81. The van der Waals surface area contributed by atoms with Gasteiger partial charge in [0.2, 0.25) is 0 Å². The van der Waals surface area contributed by atoms with E-state index in [9.17, 15) is 43.2 Å². The number of methoxy groups -OCH3 is 1. The highest BCUT2D eigenvalue weighted by Crippen LogP contribution is 2.43. The van der Waals surface area contributed by atoms with Gasteiger partial charge < -0.3 is 90.0 Å². The maximum atomic E-state index is 15.4. The smallest absolute Gasteiger partial charge is 0.330 e. The molecule has 9 aliphatic rings. The number of unbranched alkanes of at least 4 members (excludes halogenated alkanes) is 18. The van der Waals surface area contributed by atoms with Crippen LogP contribution in [0.5, 0.6) is 0 Å². The summed E-state index contributed by atoms with van der Waals surface area (Å²) in [6.45, 7) is 22.9. The van der Waals surface area contributed by atoms with Crippen LogP contribution in [0.3, 0.4) is 0 Å². The Morgan fingerprint density at radius 3 is 0.766 bits per heavy atom. The van der Waals surface area contributed by atoms with Crippen LogP contribution in [0.1, 0.15) is 373 Å². The first-order valence-electron chi connectivity index (χ1n) is 55.1. The highest BCUT2D eigenvalue weighted by molar-refractivity contribution is 5.83. The van der Waals surface area contributed by atoms with Gasteiger partial charge in [-0.2, -0.15) is 0 Å². The normalized spacial score (nSPS) is 28.8. The van der Waals surface area contributed by atoms with Crippen LogP contribution in [-0.2, 0) is 143 Å². The number of hydrogen-bond acceptors (Lipinski definition) is 30. The van der Waals surface area contributed by atoms with Crippen molar-refractivity contribution in [3.05, 3.63) is 50.6 Å². The lowest BCUT2D eigenvalue weighted by molar-refractivity contribution is -0.222. The molecular weight excluding hydrogens is 1810 g/mol. The number of carbonyl (C=O) groups is 11. The third-order valence-corrected chi connectivity index (χ3v) is 30.3. The molecule has 0 bridgehead atoms. The summed E-state index contributed by atoms with van der Waals surface area (Å²) in [6.07, 6.45) is 36.1.